The van der Waals surface area contributed by atoms with Crippen molar-refractivity contribution in [3.63, 3.8) is 0 Å². The molecule has 20 heavy (non-hydrogen) atoms. The minimum absolute atomic E-state index is 0.100. The van der Waals surface area contributed by atoms with Crippen LogP contribution in [0.5, 0.6) is 0 Å². The van der Waals surface area contributed by atoms with Gasteiger partial charge in [-0.2, -0.15) is 0 Å². The molecule has 2 rings (SSSR count). The van der Waals surface area contributed by atoms with Gasteiger partial charge in [0.1, 0.15) is 11.4 Å². The van der Waals surface area contributed by atoms with Crippen LogP contribution in [-0.2, 0) is 0 Å². The van der Waals surface area contributed by atoms with Crippen molar-refractivity contribution in [3.8, 4) is 0 Å². The number of nitrogens with zero attached hydrogens (tertiary/aromatic N) is 1. The predicted octanol–water partition coefficient (Wildman–Crippen LogP) is 3.78. The van der Waals surface area contributed by atoms with E-state index in [1.807, 2.05) is 24.3 Å². The Morgan fingerprint density at radius 3 is 2.70 bits per heavy atom. The Balaban J connectivity index is 2.39. The van der Waals surface area contributed by atoms with Crippen LogP contribution in [0.4, 0.5) is 5.82 Å². The second kappa shape index (κ2) is 5.49. The Morgan fingerprint density at radius 1 is 1.35 bits per heavy atom. The number of nitrogens with one attached hydrogen (secondary N) is 1. The second-order valence-electron chi connectivity index (χ2n) is 5.75. The van der Waals surface area contributed by atoms with Gasteiger partial charge in [-0.1, -0.05) is 39.0 Å². The number of fused-ring (bicyclic) bond motifs is 1. The molecule has 0 amide bonds. The number of carboxylic acids is 1. The standard InChI is InChI=1S/C16H20N2O2/c1-4-16(2,3)10-17-14-12(15(19)20)9-11-7-5-6-8-13(11)18-14/h5-9H,4,10H2,1-3H3,(H,17,18)(H,19,20). The van der Waals surface area contributed by atoms with Crippen LogP contribution in [0.3, 0.4) is 0 Å². The third-order valence-corrected chi connectivity index (χ3v) is 3.65. The molecule has 0 spiro atoms. The molecule has 0 atom stereocenters. The third-order valence-electron chi connectivity index (χ3n) is 3.65. The summed E-state index contributed by atoms with van der Waals surface area (Å²) in [5.41, 5.74) is 1.12. The van der Waals surface area contributed by atoms with Crippen LogP contribution in [0.2, 0.25) is 0 Å². The molecule has 0 bridgehead atoms. The maximum Gasteiger partial charge on any atom is 0.339 e. The Morgan fingerprint density at radius 2 is 2.05 bits per heavy atom. The van der Waals surface area contributed by atoms with Crippen molar-refractivity contribution in [2.75, 3.05) is 11.9 Å². The molecule has 0 unspecified atom stereocenters. The highest BCUT2D eigenvalue weighted by atomic mass is 16.4. The molecule has 2 N–H and O–H groups in total. The van der Waals surface area contributed by atoms with Gasteiger partial charge in [0.2, 0.25) is 0 Å². The molecule has 1 heterocycles. The van der Waals surface area contributed by atoms with Gasteiger partial charge in [-0.3, -0.25) is 0 Å². The Hall–Kier alpha value is -2.10. The molecule has 0 saturated carbocycles. The summed E-state index contributed by atoms with van der Waals surface area (Å²) >= 11 is 0. The lowest BCUT2D eigenvalue weighted by Gasteiger charge is -2.23. The summed E-state index contributed by atoms with van der Waals surface area (Å²) < 4.78 is 0. The van der Waals surface area contributed by atoms with E-state index in [0.717, 1.165) is 17.3 Å². The van der Waals surface area contributed by atoms with Crippen LogP contribution in [0, 0.1) is 5.41 Å². The molecular formula is C16H20N2O2. The fraction of sp³-hybridized carbons (Fsp3) is 0.375. The Bertz CT molecular complexity index is 635. The van der Waals surface area contributed by atoms with Gasteiger partial charge in [0.25, 0.3) is 0 Å². The zero-order valence-electron chi connectivity index (χ0n) is 12.1. The highest BCUT2D eigenvalue weighted by Gasteiger charge is 2.18. The third kappa shape index (κ3) is 3.07. The summed E-state index contributed by atoms with van der Waals surface area (Å²) in [6, 6.07) is 9.20. The Labute approximate surface area is 118 Å². The summed E-state index contributed by atoms with van der Waals surface area (Å²) in [7, 11) is 0. The number of hydrogen-bond acceptors (Lipinski definition) is 3. The van der Waals surface area contributed by atoms with Gasteiger partial charge in [0.05, 0.1) is 5.52 Å². The van der Waals surface area contributed by atoms with E-state index in [1.165, 1.54) is 0 Å². The summed E-state index contributed by atoms with van der Waals surface area (Å²) in [4.78, 5) is 15.8. The van der Waals surface area contributed by atoms with Crippen molar-refractivity contribution < 1.29 is 9.90 Å². The molecule has 0 aliphatic carbocycles. The molecule has 4 nitrogen and oxygen atoms in total. The van der Waals surface area contributed by atoms with Gasteiger partial charge in [0, 0.05) is 11.9 Å². The molecule has 0 aliphatic rings. The van der Waals surface area contributed by atoms with Crippen molar-refractivity contribution in [1.82, 2.24) is 4.98 Å². The van der Waals surface area contributed by atoms with Crippen molar-refractivity contribution in [2.24, 2.45) is 5.41 Å². The zero-order chi connectivity index (χ0) is 14.8. The topological polar surface area (TPSA) is 62.2 Å². The average molecular weight is 272 g/mol. The fourth-order valence-corrected chi connectivity index (χ4v) is 1.86. The quantitative estimate of drug-likeness (QED) is 0.869. The van der Waals surface area contributed by atoms with E-state index in [-0.39, 0.29) is 11.0 Å². The van der Waals surface area contributed by atoms with Gasteiger partial charge in [0.15, 0.2) is 0 Å². The molecule has 0 radical (unpaired) electrons. The zero-order valence-corrected chi connectivity index (χ0v) is 12.1. The highest BCUT2D eigenvalue weighted by molar-refractivity contribution is 5.98. The van der Waals surface area contributed by atoms with Crippen molar-refractivity contribution in [3.05, 3.63) is 35.9 Å². The largest absolute Gasteiger partial charge is 0.478 e. The van der Waals surface area contributed by atoms with E-state index in [0.29, 0.717) is 12.4 Å². The normalized spacial score (nSPS) is 11.6. The van der Waals surface area contributed by atoms with E-state index in [2.05, 4.69) is 31.1 Å². The smallest absolute Gasteiger partial charge is 0.339 e. The highest BCUT2D eigenvalue weighted by Crippen LogP contribution is 2.24. The first-order valence-corrected chi connectivity index (χ1v) is 6.80. The lowest BCUT2D eigenvalue weighted by Crippen LogP contribution is -2.23. The van der Waals surface area contributed by atoms with E-state index in [1.54, 1.807) is 6.07 Å². The summed E-state index contributed by atoms with van der Waals surface area (Å²) in [6.07, 6.45) is 1.01. The monoisotopic (exact) mass is 272 g/mol. The average Bonchev–Trinajstić information content (AvgIpc) is 2.44. The molecule has 0 aliphatic heterocycles. The number of para-hydroxylation sites is 1. The molecule has 1 aromatic heterocycles. The van der Waals surface area contributed by atoms with E-state index < -0.39 is 5.97 Å². The first-order valence-electron chi connectivity index (χ1n) is 6.80. The SMILES string of the molecule is CCC(C)(C)CNc1nc2ccccc2cc1C(=O)O. The number of aromatic nitrogens is 1. The molecule has 4 heteroatoms. The van der Waals surface area contributed by atoms with Gasteiger partial charge in [-0.05, 0) is 24.0 Å². The predicted molar refractivity (Wildman–Crippen MR) is 81.3 cm³/mol. The lowest BCUT2D eigenvalue weighted by atomic mass is 9.90. The van der Waals surface area contributed by atoms with Crippen LogP contribution in [0.15, 0.2) is 30.3 Å². The van der Waals surface area contributed by atoms with Crippen LogP contribution in [0.25, 0.3) is 10.9 Å². The van der Waals surface area contributed by atoms with Crippen LogP contribution < -0.4 is 5.32 Å². The maximum absolute atomic E-state index is 11.4. The van der Waals surface area contributed by atoms with Gasteiger partial charge in [-0.25, -0.2) is 9.78 Å². The van der Waals surface area contributed by atoms with Gasteiger partial charge < -0.3 is 10.4 Å². The van der Waals surface area contributed by atoms with E-state index in [9.17, 15) is 9.90 Å². The second-order valence-corrected chi connectivity index (χ2v) is 5.75. The molecular weight excluding hydrogens is 252 g/mol. The molecule has 106 valence electrons. The minimum Gasteiger partial charge on any atom is -0.478 e. The van der Waals surface area contributed by atoms with E-state index in [4.69, 9.17) is 0 Å². The molecule has 0 fully saturated rings. The summed E-state index contributed by atoms with van der Waals surface area (Å²) in [5, 5.41) is 13.4. The number of rotatable bonds is 5. The molecule has 0 saturated heterocycles. The number of pyridine rings is 1. The van der Waals surface area contributed by atoms with Crippen molar-refractivity contribution in [1.29, 1.82) is 0 Å². The van der Waals surface area contributed by atoms with Gasteiger partial charge >= 0.3 is 5.97 Å². The van der Waals surface area contributed by atoms with Crippen LogP contribution in [-0.4, -0.2) is 22.6 Å². The van der Waals surface area contributed by atoms with Crippen LogP contribution >= 0.6 is 0 Å². The maximum atomic E-state index is 11.4. The summed E-state index contributed by atoms with van der Waals surface area (Å²) in [6.45, 7) is 7.09. The van der Waals surface area contributed by atoms with Crippen molar-refractivity contribution >= 4 is 22.7 Å². The van der Waals surface area contributed by atoms with Crippen LogP contribution in [0.1, 0.15) is 37.6 Å². The minimum atomic E-state index is -0.958. The summed E-state index contributed by atoms with van der Waals surface area (Å²) in [5.74, 6) is -0.516. The number of aromatic carboxylic acids is 1. The molecule has 1 aromatic carbocycles. The lowest BCUT2D eigenvalue weighted by molar-refractivity contribution is 0.0697. The number of carbonyl (C=O) groups is 1. The number of carboxylic acid groups (broad SMARTS) is 1. The number of benzene rings is 1. The number of hydrogen-bond donors (Lipinski definition) is 2. The number of anilines is 1. The van der Waals surface area contributed by atoms with Gasteiger partial charge in [-0.15, -0.1) is 0 Å². The molecule has 2 aromatic rings. The van der Waals surface area contributed by atoms with E-state index >= 15 is 0 Å². The fourth-order valence-electron chi connectivity index (χ4n) is 1.86. The van der Waals surface area contributed by atoms with Crippen molar-refractivity contribution in [2.45, 2.75) is 27.2 Å². The first-order chi connectivity index (χ1) is 9.43. The first kappa shape index (κ1) is 14.3. The Kier molecular flexibility index (Phi) is 3.93.